The smallest absolute Gasteiger partial charge is 0.0366 e. The summed E-state index contributed by atoms with van der Waals surface area (Å²) in [4.78, 5) is 7.17. The molecule has 0 fully saturated rings. The van der Waals surface area contributed by atoms with Gasteiger partial charge in [0.15, 0.2) is 0 Å². The molecule has 0 saturated carbocycles. The van der Waals surface area contributed by atoms with Crippen LogP contribution in [-0.4, -0.2) is 39.3 Å². The van der Waals surface area contributed by atoms with Gasteiger partial charge >= 0.3 is 0 Å². The Morgan fingerprint density at radius 3 is 0.692 bits per heavy atom. The van der Waals surface area contributed by atoms with Crippen molar-refractivity contribution in [2.75, 3.05) is 54.0 Å². The monoisotopic (exact) mass is 519 g/mol. The molecule has 0 atom stereocenters. The molecule has 39 heavy (non-hydrogen) atoms. The zero-order chi connectivity index (χ0) is 27.8. The fourth-order valence-electron chi connectivity index (χ4n) is 5.49. The molecule has 0 aliphatic carbocycles. The van der Waals surface area contributed by atoms with Crippen LogP contribution >= 0.6 is 0 Å². The Labute approximate surface area is 236 Å². The van der Waals surface area contributed by atoms with Crippen molar-refractivity contribution in [3.63, 3.8) is 0 Å². The van der Waals surface area contributed by atoms with Gasteiger partial charge in [-0.25, -0.2) is 0 Å². The van der Waals surface area contributed by atoms with Gasteiger partial charge < -0.3 is 14.7 Å². The Balaban J connectivity index is 1.77. The van der Waals surface area contributed by atoms with Gasteiger partial charge in [-0.15, -0.1) is 0 Å². The fraction of sp³-hybridized carbons (Fsp3) is 0.333. The van der Waals surface area contributed by atoms with Crippen molar-refractivity contribution in [3.8, 4) is 33.4 Å². The van der Waals surface area contributed by atoms with Gasteiger partial charge in [0.05, 0.1) is 0 Å². The molecule has 4 aromatic rings. The van der Waals surface area contributed by atoms with Gasteiger partial charge in [-0.1, -0.05) is 36.4 Å². The lowest BCUT2D eigenvalue weighted by molar-refractivity contribution is 0.866. The van der Waals surface area contributed by atoms with Crippen molar-refractivity contribution >= 4 is 17.1 Å². The van der Waals surface area contributed by atoms with E-state index in [1.165, 1.54) is 50.4 Å². The van der Waals surface area contributed by atoms with Crippen LogP contribution in [0.5, 0.6) is 0 Å². The molecule has 0 spiro atoms. The minimum Gasteiger partial charge on any atom is -0.372 e. The van der Waals surface area contributed by atoms with Gasteiger partial charge in [-0.2, -0.15) is 0 Å². The lowest BCUT2D eigenvalue weighted by Crippen LogP contribution is -2.21. The first kappa shape index (κ1) is 28.3. The highest BCUT2D eigenvalue weighted by Gasteiger charge is 2.11. The summed E-state index contributed by atoms with van der Waals surface area (Å²) in [6.07, 6.45) is 0. The molecular weight excluding hydrogens is 474 g/mol. The highest BCUT2D eigenvalue weighted by Crippen LogP contribution is 2.35. The van der Waals surface area contributed by atoms with Gasteiger partial charge in [-0.3, -0.25) is 0 Å². The Morgan fingerprint density at radius 2 is 0.513 bits per heavy atom. The summed E-state index contributed by atoms with van der Waals surface area (Å²) >= 11 is 0. The van der Waals surface area contributed by atoms with Crippen LogP contribution in [0, 0.1) is 0 Å². The zero-order valence-electron chi connectivity index (χ0n) is 24.7. The Morgan fingerprint density at radius 1 is 0.308 bits per heavy atom. The Hall–Kier alpha value is -3.72. The van der Waals surface area contributed by atoms with Crippen LogP contribution in [-0.2, 0) is 0 Å². The maximum absolute atomic E-state index is 2.39. The number of nitrogens with zero attached hydrogens (tertiary/aromatic N) is 3. The van der Waals surface area contributed by atoms with Crippen molar-refractivity contribution in [2.24, 2.45) is 0 Å². The third-order valence-corrected chi connectivity index (χ3v) is 7.92. The summed E-state index contributed by atoms with van der Waals surface area (Å²) in [5.74, 6) is 0. The molecule has 4 rings (SSSR count). The number of anilines is 3. The quantitative estimate of drug-likeness (QED) is 0.185. The summed E-state index contributed by atoms with van der Waals surface area (Å²) in [5, 5.41) is 0. The maximum Gasteiger partial charge on any atom is 0.0366 e. The van der Waals surface area contributed by atoms with E-state index < -0.39 is 0 Å². The van der Waals surface area contributed by atoms with Crippen LogP contribution < -0.4 is 14.7 Å². The largest absolute Gasteiger partial charge is 0.372 e. The molecule has 4 aromatic carbocycles. The maximum atomic E-state index is 2.39. The van der Waals surface area contributed by atoms with Gasteiger partial charge in [0.25, 0.3) is 0 Å². The molecule has 3 heteroatoms. The summed E-state index contributed by atoms with van der Waals surface area (Å²) in [6, 6.07) is 34.2. The molecule has 0 aliphatic heterocycles. The van der Waals surface area contributed by atoms with Gasteiger partial charge in [0.1, 0.15) is 0 Å². The minimum atomic E-state index is 1.02. The summed E-state index contributed by atoms with van der Waals surface area (Å²) in [7, 11) is 0. The number of hydrogen-bond acceptors (Lipinski definition) is 3. The average molecular weight is 520 g/mol. The van der Waals surface area contributed by atoms with Crippen LogP contribution in [0.2, 0.25) is 0 Å². The second kappa shape index (κ2) is 13.4. The van der Waals surface area contributed by atoms with E-state index in [2.05, 4.69) is 147 Å². The summed E-state index contributed by atoms with van der Waals surface area (Å²) < 4.78 is 0. The van der Waals surface area contributed by atoms with E-state index in [-0.39, 0.29) is 0 Å². The predicted molar refractivity (Wildman–Crippen MR) is 173 cm³/mol. The molecule has 0 unspecified atom stereocenters. The van der Waals surface area contributed by atoms with Crippen molar-refractivity contribution in [2.45, 2.75) is 41.5 Å². The molecule has 0 bridgehead atoms. The van der Waals surface area contributed by atoms with Crippen molar-refractivity contribution in [1.29, 1.82) is 0 Å². The van der Waals surface area contributed by atoms with E-state index in [0.717, 1.165) is 39.3 Å². The van der Waals surface area contributed by atoms with E-state index in [9.17, 15) is 0 Å². The topological polar surface area (TPSA) is 9.72 Å². The van der Waals surface area contributed by atoms with Crippen LogP contribution in [0.3, 0.4) is 0 Å². The highest BCUT2D eigenvalue weighted by atomic mass is 15.1. The third kappa shape index (κ3) is 6.47. The first-order valence-electron chi connectivity index (χ1n) is 14.8. The van der Waals surface area contributed by atoms with E-state index >= 15 is 0 Å². The molecule has 3 nitrogen and oxygen atoms in total. The van der Waals surface area contributed by atoms with Crippen LogP contribution in [0.1, 0.15) is 41.5 Å². The Kier molecular flexibility index (Phi) is 9.70. The predicted octanol–water partition coefficient (Wildman–Crippen LogP) is 9.23. The molecule has 204 valence electrons. The lowest BCUT2D eigenvalue weighted by Gasteiger charge is -2.22. The molecular formula is C36H45N3. The number of hydrogen-bond donors (Lipinski definition) is 0. The average Bonchev–Trinajstić information content (AvgIpc) is 3.00. The van der Waals surface area contributed by atoms with Crippen LogP contribution in [0.4, 0.5) is 17.1 Å². The van der Waals surface area contributed by atoms with E-state index in [1.807, 2.05) is 0 Å². The molecule has 0 aliphatic rings. The fourth-order valence-corrected chi connectivity index (χ4v) is 5.49. The Bertz CT molecular complexity index is 1120. The third-order valence-electron chi connectivity index (χ3n) is 7.92. The SMILES string of the molecule is CCN(CC)c1ccc(-c2cc(-c3ccc(N(CC)CC)cc3)cc(-c3ccc(N(CC)CC)cc3)c2)cc1. The van der Waals surface area contributed by atoms with Gasteiger partial charge in [-0.05, 0) is 130 Å². The van der Waals surface area contributed by atoms with E-state index in [0.29, 0.717) is 0 Å². The lowest BCUT2D eigenvalue weighted by atomic mass is 9.93. The summed E-state index contributed by atoms with van der Waals surface area (Å²) in [5.41, 5.74) is 11.3. The molecule has 0 saturated heterocycles. The van der Waals surface area contributed by atoms with Gasteiger partial charge in [0.2, 0.25) is 0 Å². The van der Waals surface area contributed by atoms with Crippen molar-refractivity contribution in [3.05, 3.63) is 91.0 Å². The standard InChI is InChI=1S/C36H45N3/c1-7-37(8-2)34-19-13-28(14-20-34)31-25-32(29-15-21-35(22-16-29)38(9-3)10-4)27-33(26-31)30-17-23-36(24-18-30)39(11-5)12-6/h13-27H,7-12H2,1-6H3. The molecule has 0 radical (unpaired) electrons. The minimum absolute atomic E-state index is 1.02. The number of benzene rings is 4. The van der Waals surface area contributed by atoms with E-state index in [4.69, 9.17) is 0 Å². The van der Waals surface area contributed by atoms with Crippen molar-refractivity contribution < 1.29 is 0 Å². The normalized spacial score (nSPS) is 10.9. The molecule has 0 aromatic heterocycles. The molecule has 0 amide bonds. The number of rotatable bonds is 12. The van der Waals surface area contributed by atoms with E-state index in [1.54, 1.807) is 0 Å². The van der Waals surface area contributed by atoms with Gasteiger partial charge in [0, 0.05) is 56.3 Å². The van der Waals surface area contributed by atoms with Crippen molar-refractivity contribution in [1.82, 2.24) is 0 Å². The zero-order valence-corrected chi connectivity index (χ0v) is 24.7. The first-order valence-corrected chi connectivity index (χ1v) is 14.8. The van der Waals surface area contributed by atoms with Crippen LogP contribution in [0.25, 0.3) is 33.4 Å². The van der Waals surface area contributed by atoms with Crippen LogP contribution in [0.15, 0.2) is 91.0 Å². The second-order valence-electron chi connectivity index (χ2n) is 9.96. The second-order valence-corrected chi connectivity index (χ2v) is 9.96. The first-order chi connectivity index (χ1) is 19.0. The summed E-state index contributed by atoms with van der Waals surface area (Å²) in [6.45, 7) is 19.4. The molecule has 0 N–H and O–H groups in total. The highest BCUT2D eigenvalue weighted by molar-refractivity contribution is 5.82. The molecule has 0 heterocycles.